The van der Waals surface area contributed by atoms with E-state index in [0.717, 1.165) is 18.4 Å². The van der Waals surface area contributed by atoms with E-state index in [9.17, 15) is 4.91 Å². The van der Waals surface area contributed by atoms with Crippen molar-refractivity contribution < 1.29 is 0 Å². The lowest BCUT2D eigenvalue weighted by atomic mass is 10.0. The SMILES string of the molecule is CC(C)(C#CC1=CCCC=C1)N=O. The normalized spacial score (nSPS) is 15.7. The Morgan fingerprint density at radius 2 is 2.23 bits per heavy atom. The molecule has 0 aromatic heterocycles. The number of nitrogens with zero attached hydrogens (tertiary/aromatic N) is 1. The van der Waals surface area contributed by atoms with Gasteiger partial charge >= 0.3 is 0 Å². The highest BCUT2D eigenvalue weighted by Gasteiger charge is 2.12. The summed E-state index contributed by atoms with van der Waals surface area (Å²) < 4.78 is 0. The zero-order chi connectivity index (χ0) is 9.73. The molecule has 1 aliphatic carbocycles. The van der Waals surface area contributed by atoms with Crippen LogP contribution >= 0.6 is 0 Å². The topological polar surface area (TPSA) is 29.4 Å². The minimum absolute atomic E-state index is 0.772. The van der Waals surface area contributed by atoms with Crippen molar-refractivity contribution in [2.45, 2.75) is 32.2 Å². The first-order valence-electron chi connectivity index (χ1n) is 4.38. The van der Waals surface area contributed by atoms with Crippen LogP contribution in [0.15, 0.2) is 29.0 Å². The molecule has 0 aliphatic heterocycles. The number of hydrogen-bond acceptors (Lipinski definition) is 2. The molecule has 0 unspecified atom stereocenters. The van der Waals surface area contributed by atoms with Gasteiger partial charge in [-0.1, -0.05) is 35.2 Å². The average Bonchev–Trinajstić information content (AvgIpc) is 2.17. The molecule has 0 N–H and O–H groups in total. The minimum atomic E-state index is -0.772. The summed E-state index contributed by atoms with van der Waals surface area (Å²) in [5.41, 5.74) is 0.217. The molecule has 13 heavy (non-hydrogen) atoms. The molecule has 0 aromatic carbocycles. The summed E-state index contributed by atoms with van der Waals surface area (Å²) in [6, 6.07) is 0. The summed E-state index contributed by atoms with van der Waals surface area (Å²) in [6.45, 7) is 3.42. The predicted octanol–water partition coefficient (Wildman–Crippen LogP) is 2.81. The second-order valence-electron chi connectivity index (χ2n) is 3.54. The third kappa shape index (κ3) is 3.25. The van der Waals surface area contributed by atoms with Crippen molar-refractivity contribution in [2.75, 3.05) is 0 Å². The molecule has 0 radical (unpaired) electrons. The molecular weight excluding hydrogens is 162 g/mol. The molecule has 0 spiro atoms. The maximum atomic E-state index is 10.3. The van der Waals surface area contributed by atoms with Crippen LogP contribution in [0, 0.1) is 16.7 Å². The molecule has 0 atom stereocenters. The van der Waals surface area contributed by atoms with Gasteiger partial charge in [-0.05, 0) is 26.7 Å². The highest BCUT2D eigenvalue weighted by Crippen LogP contribution is 2.10. The van der Waals surface area contributed by atoms with E-state index in [2.05, 4.69) is 29.2 Å². The number of hydrogen-bond donors (Lipinski definition) is 0. The summed E-state index contributed by atoms with van der Waals surface area (Å²) in [5, 5.41) is 2.93. The summed E-state index contributed by atoms with van der Waals surface area (Å²) in [7, 11) is 0. The standard InChI is InChI=1S/C11H13NO/c1-11(2,12-13)9-8-10-6-4-3-5-7-10/h4,6-7H,3,5H2,1-2H3. The van der Waals surface area contributed by atoms with Crippen molar-refractivity contribution in [3.63, 3.8) is 0 Å². The molecule has 0 amide bonds. The van der Waals surface area contributed by atoms with Gasteiger partial charge in [0.2, 0.25) is 0 Å². The van der Waals surface area contributed by atoms with E-state index in [-0.39, 0.29) is 0 Å². The highest BCUT2D eigenvalue weighted by molar-refractivity contribution is 5.41. The van der Waals surface area contributed by atoms with Crippen LogP contribution in [0.5, 0.6) is 0 Å². The minimum Gasteiger partial charge on any atom is -0.149 e. The lowest BCUT2D eigenvalue weighted by molar-refractivity contribution is 0.677. The van der Waals surface area contributed by atoms with Gasteiger partial charge in [0.15, 0.2) is 5.54 Å². The van der Waals surface area contributed by atoms with Gasteiger partial charge in [0.1, 0.15) is 0 Å². The molecule has 0 aromatic rings. The zero-order valence-corrected chi connectivity index (χ0v) is 8.00. The summed E-state index contributed by atoms with van der Waals surface area (Å²) in [6.07, 6.45) is 8.27. The largest absolute Gasteiger partial charge is 0.157 e. The predicted molar refractivity (Wildman–Crippen MR) is 54.1 cm³/mol. The Balaban J connectivity index is 2.71. The third-order valence-electron chi connectivity index (χ3n) is 1.74. The van der Waals surface area contributed by atoms with Gasteiger partial charge in [-0.15, -0.1) is 4.91 Å². The van der Waals surface area contributed by atoms with Gasteiger partial charge in [-0.2, -0.15) is 0 Å². The molecule has 0 saturated carbocycles. The van der Waals surface area contributed by atoms with E-state index in [4.69, 9.17) is 0 Å². The lowest BCUT2D eigenvalue weighted by Gasteiger charge is -2.04. The van der Waals surface area contributed by atoms with Gasteiger partial charge in [0.05, 0.1) is 0 Å². The Hall–Kier alpha value is -1.36. The average molecular weight is 175 g/mol. The molecule has 0 fully saturated rings. The first-order chi connectivity index (χ1) is 6.14. The smallest absolute Gasteiger partial charge is 0.149 e. The molecule has 2 nitrogen and oxygen atoms in total. The molecule has 2 heteroatoms. The van der Waals surface area contributed by atoms with Crippen molar-refractivity contribution in [1.82, 2.24) is 0 Å². The van der Waals surface area contributed by atoms with Gasteiger partial charge in [0.25, 0.3) is 0 Å². The number of allylic oxidation sites excluding steroid dienone is 4. The Kier molecular flexibility index (Phi) is 3.02. The fraction of sp³-hybridized carbons (Fsp3) is 0.455. The van der Waals surface area contributed by atoms with Crippen molar-refractivity contribution in [2.24, 2.45) is 5.18 Å². The molecule has 1 rings (SSSR count). The monoisotopic (exact) mass is 175 g/mol. The van der Waals surface area contributed by atoms with E-state index in [1.807, 2.05) is 6.08 Å². The number of nitroso groups, excluding NO2 is 1. The van der Waals surface area contributed by atoms with Crippen molar-refractivity contribution in [3.8, 4) is 11.8 Å². The Bertz CT molecular complexity index is 313. The first kappa shape index (κ1) is 9.73. The van der Waals surface area contributed by atoms with Crippen molar-refractivity contribution in [3.05, 3.63) is 28.7 Å². The van der Waals surface area contributed by atoms with Crippen LogP contribution in [-0.2, 0) is 0 Å². The Morgan fingerprint density at radius 3 is 2.77 bits per heavy atom. The van der Waals surface area contributed by atoms with Crippen LogP contribution in [0.1, 0.15) is 26.7 Å². The maximum Gasteiger partial charge on any atom is 0.157 e. The fourth-order valence-corrected chi connectivity index (χ4v) is 0.954. The van der Waals surface area contributed by atoms with E-state index in [0.29, 0.717) is 0 Å². The van der Waals surface area contributed by atoms with E-state index in [1.165, 1.54) is 0 Å². The van der Waals surface area contributed by atoms with E-state index < -0.39 is 5.54 Å². The molecule has 68 valence electrons. The third-order valence-corrected chi connectivity index (χ3v) is 1.74. The van der Waals surface area contributed by atoms with Crippen LogP contribution in [0.3, 0.4) is 0 Å². The molecule has 1 aliphatic rings. The quantitative estimate of drug-likeness (QED) is 0.445. The van der Waals surface area contributed by atoms with Crippen LogP contribution in [0.4, 0.5) is 0 Å². The number of rotatable bonds is 1. The summed E-state index contributed by atoms with van der Waals surface area (Å²) in [5.74, 6) is 5.77. The Morgan fingerprint density at radius 1 is 1.46 bits per heavy atom. The van der Waals surface area contributed by atoms with Gasteiger partial charge in [-0.25, -0.2) is 0 Å². The second kappa shape index (κ2) is 4.04. The highest BCUT2D eigenvalue weighted by atomic mass is 16.3. The van der Waals surface area contributed by atoms with E-state index >= 15 is 0 Å². The summed E-state index contributed by atoms with van der Waals surface area (Å²) in [4.78, 5) is 10.3. The molecule has 0 bridgehead atoms. The van der Waals surface area contributed by atoms with Gasteiger partial charge in [0, 0.05) is 5.57 Å². The van der Waals surface area contributed by atoms with Crippen molar-refractivity contribution in [1.29, 1.82) is 0 Å². The second-order valence-corrected chi connectivity index (χ2v) is 3.54. The Labute approximate surface area is 78.7 Å². The lowest BCUT2D eigenvalue weighted by Crippen LogP contribution is -2.11. The van der Waals surface area contributed by atoms with Gasteiger partial charge in [-0.3, -0.25) is 0 Å². The zero-order valence-electron chi connectivity index (χ0n) is 8.00. The summed E-state index contributed by atoms with van der Waals surface area (Å²) >= 11 is 0. The van der Waals surface area contributed by atoms with Crippen LogP contribution < -0.4 is 0 Å². The van der Waals surface area contributed by atoms with Crippen LogP contribution in [0.2, 0.25) is 0 Å². The molecule has 0 heterocycles. The fourth-order valence-electron chi connectivity index (χ4n) is 0.954. The molecule has 0 saturated heterocycles. The first-order valence-corrected chi connectivity index (χ1v) is 4.38. The van der Waals surface area contributed by atoms with Crippen LogP contribution in [-0.4, -0.2) is 5.54 Å². The van der Waals surface area contributed by atoms with E-state index in [1.54, 1.807) is 13.8 Å². The van der Waals surface area contributed by atoms with Crippen LogP contribution in [0.25, 0.3) is 0 Å². The van der Waals surface area contributed by atoms with Gasteiger partial charge < -0.3 is 0 Å². The van der Waals surface area contributed by atoms with Crippen molar-refractivity contribution >= 4 is 0 Å². The maximum absolute atomic E-state index is 10.3. The molecular formula is C11H13NO.